The lowest BCUT2D eigenvalue weighted by molar-refractivity contribution is -0.304. The van der Waals surface area contributed by atoms with E-state index in [0.717, 1.165) is 32.3 Å². The van der Waals surface area contributed by atoms with Crippen molar-refractivity contribution >= 4 is 18.7 Å². The smallest absolute Gasteiger partial charge is 0.261 e. The molecule has 3 atom stereocenters. The molecular weight excluding hydrogens is 400 g/mol. The van der Waals surface area contributed by atoms with Gasteiger partial charge >= 0.3 is 0 Å². The van der Waals surface area contributed by atoms with E-state index in [1.165, 1.54) is 16.8 Å². The van der Waals surface area contributed by atoms with Gasteiger partial charge in [-0.15, -0.1) is 0 Å². The van der Waals surface area contributed by atoms with E-state index in [2.05, 4.69) is 88.4 Å². The molecule has 31 heavy (non-hydrogen) atoms. The van der Waals surface area contributed by atoms with E-state index >= 15 is 0 Å². The standard InChI is InChI=1S/C27H38O3Si/c1-22-17-19-27(28-20-22)18-11-12-23(30-27)21-29-31(26(2,3)4,24-13-7-5-8-14-24)25-15-9-6-10-16-25/h5-10,13-16,22-23H,11-12,17-21H2,1-4H3/t22-,23-,27+/m0/s1. The summed E-state index contributed by atoms with van der Waals surface area (Å²) >= 11 is 0. The summed E-state index contributed by atoms with van der Waals surface area (Å²) in [6.07, 6.45) is 5.47. The third kappa shape index (κ3) is 4.68. The van der Waals surface area contributed by atoms with E-state index in [0.29, 0.717) is 12.5 Å². The molecule has 0 saturated carbocycles. The molecule has 0 radical (unpaired) electrons. The Bertz CT molecular complexity index is 783. The van der Waals surface area contributed by atoms with Crippen molar-refractivity contribution in [2.45, 2.75) is 76.7 Å². The molecule has 0 bridgehead atoms. The van der Waals surface area contributed by atoms with E-state index in [4.69, 9.17) is 13.9 Å². The summed E-state index contributed by atoms with van der Waals surface area (Å²) in [4.78, 5) is 0. The molecule has 0 amide bonds. The van der Waals surface area contributed by atoms with Crippen LogP contribution < -0.4 is 10.4 Å². The molecule has 2 heterocycles. The first kappa shape index (κ1) is 22.7. The second kappa shape index (κ2) is 9.19. The van der Waals surface area contributed by atoms with Crippen molar-refractivity contribution in [2.24, 2.45) is 5.92 Å². The molecule has 4 heteroatoms. The van der Waals surface area contributed by atoms with Gasteiger partial charge in [0.15, 0.2) is 5.79 Å². The zero-order chi connectivity index (χ0) is 22.0. The number of hydrogen-bond acceptors (Lipinski definition) is 3. The highest BCUT2D eigenvalue weighted by molar-refractivity contribution is 6.99. The predicted octanol–water partition coefficient (Wildman–Crippen LogP) is 5.27. The van der Waals surface area contributed by atoms with Gasteiger partial charge in [0, 0.05) is 12.8 Å². The van der Waals surface area contributed by atoms with Crippen LogP contribution in [0.3, 0.4) is 0 Å². The third-order valence-electron chi connectivity index (χ3n) is 7.02. The normalized spacial score (nSPS) is 27.4. The molecule has 2 aromatic carbocycles. The number of rotatable bonds is 5. The molecule has 0 aromatic heterocycles. The average molecular weight is 439 g/mol. The maximum absolute atomic E-state index is 7.12. The molecule has 4 rings (SSSR count). The van der Waals surface area contributed by atoms with Crippen LogP contribution in [0.25, 0.3) is 0 Å². The Morgan fingerprint density at radius 3 is 2.06 bits per heavy atom. The average Bonchev–Trinajstić information content (AvgIpc) is 2.77. The number of hydrogen-bond donors (Lipinski definition) is 0. The fraction of sp³-hybridized carbons (Fsp3) is 0.556. The lowest BCUT2D eigenvalue weighted by Crippen LogP contribution is -2.67. The molecule has 2 fully saturated rings. The summed E-state index contributed by atoms with van der Waals surface area (Å²) < 4.78 is 20.0. The molecule has 2 aromatic rings. The van der Waals surface area contributed by atoms with Crippen molar-refractivity contribution in [3.05, 3.63) is 60.7 Å². The van der Waals surface area contributed by atoms with Crippen LogP contribution >= 0.6 is 0 Å². The van der Waals surface area contributed by atoms with Crippen LogP contribution in [-0.4, -0.2) is 33.4 Å². The van der Waals surface area contributed by atoms with Crippen LogP contribution in [0, 0.1) is 5.92 Å². The quantitative estimate of drug-likeness (QED) is 0.595. The summed E-state index contributed by atoms with van der Waals surface area (Å²) in [6.45, 7) is 10.7. The van der Waals surface area contributed by atoms with Gasteiger partial charge in [-0.1, -0.05) is 88.4 Å². The molecule has 0 aliphatic carbocycles. The summed E-state index contributed by atoms with van der Waals surface area (Å²) in [5, 5.41) is 2.63. The Kier molecular flexibility index (Phi) is 6.73. The van der Waals surface area contributed by atoms with Crippen molar-refractivity contribution in [1.29, 1.82) is 0 Å². The molecule has 168 valence electrons. The van der Waals surface area contributed by atoms with Gasteiger partial charge < -0.3 is 13.9 Å². The molecule has 2 aliphatic heterocycles. The molecular formula is C27H38O3Si. The van der Waals surface area contributed by atoms with E-state index in [9.17, 15) is 0 Å². The van der Waals surface area contributed by atoms with Gasteiger partial charge in [0.1, 0.15) is 0 Å². The maximum Gasteiger partial charge on any atom is 0.261 e. The Morgan fingerprint density at radius 1 is 0.935 bits per heavy atom. The van der Waals surface area contributed by atoms with Gasteiger partial charge in [-0.05, 0) is 40.6 Å². The van der Waals surface area contributed by atoms with Gasteiger partial charge in [-0.2, -0.15) is 0 Å². The van der Waals surface area contributed by atoms with E-state index in [-0.39, 0.29) is 16.9 Å². The minimum Gasteiger partial charge on any atom is -0.405 e. The topological polar surface area (TPSA) is 27.7 Å². The predicted molar refractivity (Wildman–Crippen MR) is 129 cm³/mol. The lowest BCUT2D eigenvalue weighted by atomic mass is 9.91. The first-order chi connectivity index (χ1) is 14.8. The summed E-state index contributed by atoms with van der Waals surface area (Å²) in [5.74, 6) is 0.243. The molecule has 0 unspecified atom stereocenters. The number of ether oxygens (including phenoxy) is 2. The van der Waals surface area contributed by atoms with Crippen molar-refractivity contribution in [1.82, 2.24) is 0 Å². The largest absolute Gasteiger partial charge is 0.405 e. The molecule has 2 aliphatic rings. The summed E-state index contributed by atoms with van der Waals surface area (Å²) in [6, 6.07) is 21.7. The van der Waals surface area contributed by atoms with Crippen LogP contribution in [-0.2, 0) is 13.9 Å². The Hall–Kier alpha value is -1.46. The Morgan fingerprint density at radius 2 is 1.55 bits per heavy atom. The van der Waals surface area contributed by atoms with Crippen molar-refractivity contribution in [2.75, 3.05) is 13.2 Å². The highest BCUT2D eigenvalue weighted by Gasteiger charge is 2.51. The SMILES string of the molecule is C[C@H]1CC[C@]2(CCC[C@@H](CO[Si](c3ccccc3)(c3ccccc3)C(C)(C)C)O2)OC1. The van der Waals surface area contributed by atoms with Gasteiger partial charge in [-0.3, -0.25) is 0 Å². The highest BCUT2D eigenvalue weighted by Crippen LogP contribution is 2.40. The minimum absolute atomic E-state index is 0.0150. The fourth-order valence-corrected chi connectivity index (χ4v) is 9.91. The van der Waals surface area contributed by atoms with Crippen LogP contribution in [0.5, 0.6) is 0 Å². The van der Waals surface area contributed by atoms with Crippen LogP contribution in [0.2, 0.25) is 5.04 Å². The minimum atomic E-state index is -2.53. The van der Waals surface area contributed by atoms with Gasteiger partial charge in [0.05, 0.1) is 19.3 Å². The first-order valence-electron chi connectivity index (χ1n) is 11.9. The highest BCUT2D eigenvalue weighted by atomic mass is 28.4. The van der Waals surface area contributed by atoms with Crippen molar-refractivity contribution < 1.29 is 13.9 Å². The molecule has 3 nitrogen and oxygen atoms in total. The monoisotopic (exact) mass is 438 g/mol. The van der Waals surface area contributed by atoms with Gasteiger partial charge in [0.25, 0.3) is 8.32 Å². The summed E-state index contributed by atoms with van der Waals surface area (Å²) in [5.41, 5.74) is 0. The number of benzene rings is 2. The fourth-order valence-electron chi connectivity index (χ4n) is 5.32. The van der Waals surface area contributed by atoms with Crippen LogP contribution in [0.1, 0.15) is 59.8 Å². The summed E-state index contributed by atoms with van der Waals surface area (Å²) in [7, 11) is -2.53. The Labute approximate surface area is 189 Å². The molecule has 2 saturated heterocycles. The second-order valence-corrected chi connectivity index (χ2v) is 14.8. The van der Waals surface area contributed by atoms with Crippen LogP contribution in [0.4, 0.5) is 0 Å². The first-order valence-corrected chi connectivity index (χ1v) is 13.8. The zero-order valence-electron chi connectivity index (χ0n) is 19.6. The van der Waals surface area contributed by atoms with E-state index in [1.54, 1.807) is 0 Å². The maximum atomic E-state index is 7.12. The van der Waals surface area contributed by atoms with E-state index in [1.807, 2.05) is 0 Å². The van der Waals surface area contributed by atoms with Crippen LogP contribution in [0.15, 0.2) is 60.7 Å². The van der Waals surface area contributed by atoms with Gasteiger partial charge in [0.2, 0.25) is 0 Å². The molecule has 0 N–H and O–H groups in total. The second-order valence-electron chi connectivity index (χ2n) is 10.5. The zero-order valence-corrected chi connectivity index (χ0v) is 20.6. The van der Waals surface area contributed by atoms with Gasteiger partial charge in [-0.25, -0.2) is 0 Å². The lowest BCUT2D eigenvalue weighted by Gasteiger charge is -2.47. The Balaban J connectivity index is 1.61. The van der Waals surface area contributed by atoms with E-state index < -0.39 is 8.32 Å². The van der Waals surface area contributed by atoms with Crippen molar-refractivity contribution in [3.8, 4) is 0 Å². The van der Waals surface area contributed by atoms with Crippen molar-refractivity contribution in [3.63, 3.8) is 0 Å². The molecule has 1 spiro atoms. The third-order valence-corrected chi connectivity index (χ3v) is 12.0.